The Labute approximate surface area is 203 Å². The van der Waals surface area contributed by atoms with Gasteiger partial charge < -0.3 is 15.1 Å². The van der Waals surface area contributed by atoms with Crippen LogP contribution in [0.15, 0.2) is 72.8 Å². The molecule has 8 heteroatoms. The zero-order valence-electron chi connectivity index (χ0n) is 18.6. The molecular formula is C26H25ClN4O3. The molecule has 2 heterocycles. The molecule has 0 saturated carbocycles. The van der Waals surface area contributed by atoms with E-state index in [1.807, 2.05) is 60.7 Å². The summed E-state index contributed by atoms with van der Waals surface area (Å²) >= 11 is 6.23. The molecule has 1 saturated heterocycles. The third-order valence-corrected chi connectivity index (χ3v) is 6.96. The first kappa shape index (κ1) is 22.2. The third kappa shape index (κ3) is 4.43. The minimum absolute atomic E-state index is 0.0380. The largest absolute Gasteiger partial charge is 0.368 e. The number of halogens is 1. The molecule has 2 aliphatic rings. The van der Waals surface area contributed by atoms with Crippen LogP contribution >= 0.6 is 11.6 Å². The van der Waals surface area contributed by atoms with Crippen LogP contribution in [0.1, 0.15) is 11.1 Å². The molecule has 5 rings (SSSR count). The molecule has 1 amide bonds. The molecule has 3 aromatic carbocycles. The number of nitrogens with zero attached hydrogens (tertiary/aromatic N) is 3. The first-order valence-corrected chi connectivity index (χ1v) is 11.7. The number of piperazine rings is 1. The summed E-state index contributed by atoms with van der Waals surface area (Å²) in [5.74, 6) is -0.371. The van der Waals surface area contributed by atoms with Crippen molar-refractivity contribution in [3.63, 3.8) is 0 Å². The highest BCUT2D eigenvalue weighted by Gasteiger charge is 2.42. The maximum Gasteiger partial charge on any atom is 0.269 e. The van der Waals surface area contributed by atoms with Crippen molar-refractivity contribution in [2.75, 3.05) is 29.4 Å². The highest BCUT2D eigenvalue weighted by atomic mass is 35.5. The van der Waals surface area contributed by atoms with Crippen LogP contribution in [0, 0.1) is 16.0 Å². The minimum atomic E-state index is -0.381. The number of non-ortho nitro benzene ring substituents is 1. The number of carbonyl (C=O) groups excluding carboxylic acids is 1. The van der Waals surface area contributed by atoms with Gasteiger partial charge in [0.15, 0.2) is 0 Å². The van der Waals surface area contributed by atoms with E-state index < -0.39 is 0 Å². The number of anilines is 2. The summed E-state index contributed by atoms with van der Waals surface area (Å²) in [5, 5.41) is 15.1. The molecule has 0 spiro atoms. The van der Waals surface area contributed by atoms with E-state index in [0.29, 0.717) is 31.1 Å². The van der Waals surface area contributed by atoms with E-state index in [1.165, 1.54) is 0 Å². The SMILES string of the molecule is O=C(NCc1ccccc1)C1Cc2cc([N+](=O)[O-])ccc2N2CCN(c3cccc(Cl)c3)CC12. The maximum atomic E-state index is 13.4. The molecule has 0 aliphatic carbocycles. The van der Waals surface area contributed by atoms with E-state index in [9.17, 15) is 14.9 Å². The van der Waals surface area contributed by atoms with Gasteiger partial charge in [-0.05, 0) is 41.8 Å². The number of nitrogens with one attached hydrogen (secondary N) is 1. The number of fused-ring (bicyclic) bond motifs is 3. The van der Waals surface area contributed by atoms with Gasteiger partial charge in [-0.2, -0.15) is 0 Å². The molecule has 1 fully saturated rings. The molecule has 0 radical (unpaired) electrons. The molecule has 2 atom stereocenters. The number of carbonyl (C=O) groups is 1. The summed E-state index contributed by atoms with van der Waals surface area (Å²) < 4.78 is 0. The topological polar surface area (TPSA) is 78.7 Å². The fourth-order valence-electron chi connectivity index (χ4n) is 5.05. The molecular weight excluding hydrogens is 452 g/mol. The van der Waals surface area contributed by atoms with E-state index in [1.54, 1.807) is 12.1 Å². The molecule has 0 bridgehead atoms. The minimum Gasteiger partial charge on any atom is -0.368 e. The second-order valence-corrected chi connectivity index (χ2v) is 9.21. The second-order valence-electron chi connectivity index (χ2n) is 8.77. The summed E-state index contributed by atoms with van der Waals surface area (Å²) in [6, 6.07) is 22.5. The lowest BCUT2D eigenvalue weighted by Gasteiger charge is -2.49. The fourth-order valence-corrected chi connectivity index (χ4v) is 5.23. The lowest BCUT2D eigenvalue weighted by atomic mass is 9.83. The van der Waals surface area contributed by atoms with Crippen LogP contribution < -0.4 is 15.1 Å². The molecule has 0 aromatic heterocycles. The van der Waals surface area contributed by atoms with Crippen LogP contribution in [0.4, 0.5) is 17.1 Å². The fraction of sp³-hybridized carbons (Fsp3) is 0.269. The lowest BCUT2D eigenvalue weighted by molar-refractivity contribution is -0.384. The average Bonchev–Trinajstić information content (AvgIpc) is 2.86. The van der Waals surface area contributed by atoms with Crippen LogP contribution in [0.3, 0.4) is 0 Å². The maximum absolute atomic E-state index is 13.4. The molecule has 34 heavy (non-hydrogen) atoms. The zero-order chi connectivity index (χ0) is 23.7. The summed E-state index contributed by atoms with van der Waals surface area (Å²) in [5.41, 5.74) is 3.95. The predicted molar refractivity (Wildman–Crippen MR) is 133 cm³/mol. The zero-order valence-corrected chi connectivity index (χ0v) is 19.3. The van der Waals surface area contributed by atoms with E-state index in [4.69, 9.17) is 11.6 Å². The van der Waals surface area contributed by atoms with Gasteiger partial charge >= 0.3 is 0 Å². The summed E-state index contributed by atoms with van der Waals surface area (Å²) in [4.78, 5) is 28.9. The first-order chi connectivity index (χ1) is 16.5. The van der Waals surface area contributed by atoms with Gasteiger partial charge in [0.1, 0.15) is 0 Å². The van der Waals surface area contributed by atoms with Gasteiger partial charge in [-0.1, -0.05) is 48.0 Å². The van der Waals surface area contributed by atoms with Gasteiger partial charge in [0.25, 0.3) is 5.69 Å². The van der Waals surface area contributed by atoms with Gasteiger partial charge in [0, 0.05) is 54.7 Å². The molecule has 3 aromatic rings. The number of hydrogen-bond donors (Lipinski definition) is 1. The van der Waals surface area contributed by atoms with Crippen molar-refractivity contribution in [3.05, 3.63) is 99.1 Å². The Hall–Kier alpha value is -3.58. The van der Waals surface area contributed by atoms with Crippen molar-refractivity contribution >= 4 is 34.6 Å². The molecule has 2 aliphatic heterocycles. The molecule has 7 nitrogen and oxygen atoms in total. The van der Waals surface area contributed by atoms with Crippen LogP contribution in [-0.4, -0.2) is 36.5 Å². The van der Waals surface area contributed by atoms with E-state index in [0.717, 1.165) is 29.0 Å². The van der Waals surface area contributed by atoms with E-state index in [-0.39, 0.29) is 28.5 Å². The second kappa shape index (κ2) is 9.35. The normalized spacial score (nSPS) is 19.2. The van der Waals surface area contributed by atoms with Gasteiger partial charge in [-0.15, -0.1) is 0 Å². The number of amides is 1. The molecule has 174 valence electrons. The number of rotatable bonds is 5. The number of benzene rings is 3. The quantitative estimate of drug-likeness (QED) is 0.435. The van der Waals surface area contributed by atoms with Crippen LogP contribution in [0.2, 0.25) is 5.02 Å². The summed E-state index contributed by atoms with van der Waals surface area (Å²) in [7, 11) is 0. The van der Waals surface area contributed by atoms with Crippen molar-refractivity contribution in [2.45, 2.75) is 19.0 Å². The highest BCUT2D eigenvalue weighted by Crippen LogP contribution is 2.38. The van der Waals surface area contributed by atoms with Crippen molar-refractivity contribution in [3.8, 4) is 0 Å². The van der Waals surface area contributed by atoms with Crippen molar-refractivity contribution in [1.82, 2.24) is 5.32 Å². The smallest absolute Gasteiger partial charge is 0.269 e. The Morgan fingerprint density at radius 2 is 1.88 bits per heavy atom. The Kier molecular flexibility index (Phi) is 6.11. The Morgan fingerprint density at radius 1 is 1.06 bits per heavy atom. The predicted octanol–water partition coefficient (Wildman–Crippen LogP) is 4.43. The van der Waals surface area contributed by atoms with Crippen molar-refractivity contribution in [1.29, 1.82) is 0 Å². The standard InChI is InChI=1S/C26H25ClN4O3/c27-20-7-4-8-21(15-20)29-11-12-30-24-10-9-22(31(33)34)13-19(24)14-23(25(30)17-29)26(32)28-16-18-5-2-1-3-6-18/h1-10,13,15,23,25H,11-12,14,16-17H2,(H,28,32). The number of nitro groups is 1. The highest BCUT2D eigenvalue weighted by molar-refractivity contribution is 6.30. The van der Waals surface area contributed by atoms with Gasteiger partial charge in [-0.25, -0.2) is 0 Å². The van der Waals surface area contributed by atoms with Crippen molar-refractivity contribution < 1.29 is 9.72 Å². The van der Waals surface area contributed by atoms with Crippen LogP contribution in [0.5, 0.6) is 0 Å². The Balaban J connectivity index is 1.44. The Bertz CT molecular complexity index is 1220. The molecule has 2 unspecified atom stereocenters. The lowest BCUT2D eigenvalue weighted by Crippen LogP contribution is -2.61. The molecule has 1 N–H and O–H groups in total. The first-order valence-electron chi connectivity index (χ1n) is 11.4. The van der Waals surface area contributed by atoms with E-state index >= 15 is 0 Å². The Morgan fingerprint density at radius 3 is 2.65 bits per heavy atom. The van der Waals surface area contributed by atoms with Crippen LogP contribution in [-0.2, 0) is 17.8 Å². The van der Waals surface area contributed by atoms with Gasteiger partial charge in [-0.3, -0.25) is 14.9 Å². The summed E-state index contributed by atoms with van der Waals surface area (Å²) in [6.07, 6.45) is 0.461. The third-order valence-electron chi connectivity index (χ3n) is 6.73. The van der Waals surface area contributed by atoms with Gasteiger partial charge in [0.05, 0.1) is 16.9 Å². The summed E-state index contributed by atoms with van der Waals surface area (Å²) in [6.45, 7) is 2.60. The van der Waals surface area contributed by atoms with Crippen molar-refractivity contribution in [2.24, 2.45) is 5.92 Å². The number of nitro benzene ring substituents is 1. The monoisotopic (exact) mass is 476 g/mol. The van der Waals surface area contributed by atoms with E-state index in [2.05, 4.69) is 15.1 Å². The van der Waals surface area contributed by atoms with Crippen LogP contribution in [0.25, 0.3) is 0 Å². The average molecular weight is 477 g/mol. The number of hydrogen-bond acceptors (Lipinski definition) is 5. The van der Waals surface area contributed by atoms with Gasteiger partial charge in [0.2, 0.25) is 5.91 Å².